The molecule has 4 heteroatoms. The van der Waals surface area contributed by atoms with Crippen LogP contribution in [0.4, 0.5) is 5.69 Å². The van der Waals surface area contributed by atoms with Gasteiger partial charge >= 0.3 is 0 Å². The van der Waals surface area contributed by atoms with Gasteiger partial charge in [0.25, 0.3) is 5.91 Å². The highest BCUT2D eigenvalue weighted by atomic mass is 16.1. The average Bonchev–Trinajstić information content (AvgIpc) is 2.77. The lowest BCUT2D eigenvalue weighted by atomic mass is 9.95. The monoisotopic (exact) mass is 387 g/mol. The first-order chi connectivity index (χ1) is 14.2. The van der Waals surface area contributed by atoms with Crippen LogP contribution in [0.2, 0.25) is 0 Å². The maximum atomic E-state index is 12.5. The molecule has 2 aromatic carbocycles. The molecule has 0 heterocycles. The van der Waals surface area contributed by atoms with Crippen molar-refractivity contribution in [3.63, 3.8) is 0 Å². The quantitative estimate of drug-likeness (QED) is 0.533. The summed E-state index contributed by atoms with van der Waals surface area (Å²) in [6.07, 6.45) is 7.22. The molecule has 0 aliphatic heterocycles. The number of anilines is 1. The summed E-state index contributed by atoms with van der Waals surface area (Å²) in [4.78, 5) is 14.8. The molecular formula is C25H29N3O. The molecule has 0 spiro atoms. The Morgan fingerprint density at radius 3 is 2.41 bits per heavy atom. The Labute approximate surface area is 173 Å². The summed E-state index contributed by atoms with van der Waals surface area (Å²) in [5.41, 5.74) is 3.42. The lowest BCUT2D eigenvalue weighted by Gasteiger charge is -2.23. The molecule has 4 nitrogen and oxygen atoms in total. The van der Waals surface area contributed by atoms with Crippen LogP contribution in [0.5, 0.6) is 0 Å². The Morgan fingerprint density at radius 2 is 1.79 bits per heavy atom. The fourth-order valence-corrected chi connectivity index (χ4v) is 3.80. The molecule has 1 N–H and O–H groups in total. The van der Waals surface area contributed by atoms with Gasteiger partial charge in [0.1, 0.15) is 11.6 Å². The largest absolute Gasteiger partial charge is 0.367 e. The number of carbonyl (C=O) groups excluding carboxylic acids is 1. The number of rotatable bonds is 7. The summed E-state index contributed by atoms with van der Waals surface area (Å²) >= 11 is 0. The lowest BCUT2D eigenvalue weighted by Crippen LogP contribution is -2.36. The first kappa shape index (κ1) is 20.7. The van der Waals surface area contributed by atoms with Crippen molar-refractivity contribution in [3.05, 3.63) is 71.3 Å². The molecule has 0 aromatic heterocycles. The van der Waals surface area contributed by atoms with E-state index in [-0.39, 0.29) is 17.5 Å². The molecule has 1 amide bonds. The van der Waals surface area contributed by atoms with Crippen LogP contribution in [0, 0.1) is 11.3 Å². The van der Waals surface area contributed by atoms with E-state index in [1.165, 1.54) is 12.0 Å². The molecule has 2 aromatic rings. The van der Waals surface area contributed by atoms with Crippen molar-refractivity contribution < 1.29 is 4.79 Å². The van der Waals surface area contributed by atoms with Crippen molar-refractivity contribution in [3.8, 4) is 6.07 Å². The lowest BCUT2D eigenvalue weighted by molar-refractivity contribution is -0.117. The van der Waals surface area contributed by atoms with Crippen LogP contribution >= 0.6 is 0 Å². The number of carbonyl (C=O) groups is 1. The van der Waals surface area contributed by atoms with E-state index >= 15 is 0 Å². The zero-order chi connectivity index (χ0) is 20.5. The van der Waals surface area contributed by atoms with Gasteiger partial charge in [0.15, 0.2) is 0 Å². The van der Waals surface area contributed by atoms with Crippen molar-refractivity contribution in [1.29, 1.82) is 5.26 Å². The van der Waals surface area contributed by atoms with E-state index in [0.717, 1.165) is 50.0 Å². The number of hydrogen-bond acceptors (Lipinski definition) is 3. The van der Waals surface area contributed by atoms with Gasteiger partial charge in [0.05, 0.1) is 0 Å². The van der Waals surface area contributed by atoms with Crippen LogP contribution in [0.1, 0.15) is 50.2 Å². The number of nitriles is 1. The minimum atomic E-state index is -0.261. The maximum Gasteiger partial charge on any atom is 0.262 e. The van der Waals surface area contributed by atoms with E-state index < -0.39 is 0 Å². The number of nitrogens with one attached hydrogen (secondary N) is 1. The van der Waals surface area contributed by atoms with E-state index in [0.29, 0.717) is 0 Å². The molecule has 1 saturated carbocycles. The van der Waals surface area contributed by atoms with Crippen molar-refractivity contribution >= 4 is 17.7 Å². The molecule has 3 rings (SSSR count). The topological polar surface area (TPSA) is 56.1 Å². The SMILES string of the molecule is CCN(Cc1ccccc1)c1ccc(C=C(C#N)C(=O)NC2CCCCC2)cc1. The third kappa shape index (κ3) is 5.96. The van der Waals surface area contributed by atoms with Gasteiger partial charge in [-0.05, 0) is 49.1 Å². The number of hydrogen-bond donors (Lipinski definition) is 1. The third-order valence-electron chi connectivity index (χ3n) is 5.47. The fraction of sp³-hybridized carbons (Fsp3) is 0.360. The number of amides is 1. The van der Waals surface area contributed by atoms with Crippen LogP contribution < -0.4 is 10.2 Å². The number of benzene rings is 2. The van der Waals surface area contributed by atoms with E-state index in [2.05, 4.69) is 47.5 Å². The fourth-order valence-electron chi connectivity index (χ4n) is 3.80. The van der Waals surface area contributed by atoms with E-state index in [1.54, 1.807) is 6.08 Å². The minimum Gasteiger partial charge on any atom is -0.367 e. The van der Waals surface area contributed by atoms with Crippen LogP contribution in [0.25, 0.3) is 6.08 Å². The highest BCUT2D eigenvalue weighted by Crippen LogP contribution is 2.20. The Balaban J connectivity index is 1.67. The van der Waals surface area contributed by atoms with Gasteiger partial charge in [-0.15, -0.1) is 0 Å². The zero-order valence-corrected chi connectivity index (χ0v) is 17.1. The smallest absolute Gasteiger partial charge is 0.262 e. The van der Waals surface area contributed by atoms with Gasteiger partial charge in [-0.1, -0.05) is 61.7 Å². The molecule has 29 heavy (non-hydrogen) atoms. The van der Waals surface area contributed by atoms with Gasteiger partial charge in [0, 0.05) is 24.8 Å². The molecule has 0 bridgehead atoms. The zero-order valence-electron chi connectivity index (χ0n) is 17.1. The summed E-state index contributed by atoms with van der Waals surface area (Å²) in [6, 6.07) is 20.7. The summed E-state index contributed by atoms with van der Waals surface area (Å²) in [5, 5.41) is 12.5. The first-order valence-corrected chi connectivity index (χ1v) is 10.5. The van der Waals surface area contributed by atoms with Crippen molar-refractivity contribution in [1.82, 2.24) is 5.32 Å². The highest BCUT2D eigenvalue weighted by molar-refractivity contribution is 6.01. The van der Waals surface area contributed by atoms with E-state index in [9.17, 15) is 10.1 Å². The summed E-state index contributed by atoms with van der Waals surface area (Å²) in [6.45, 7) is 3.89. The molecular weight excluding hydrogens is 358 g/mol. The average molecular weight is 388 g/mol. The van der Waals surface area contributed by atoms with E-state index in [4.69, 9.17) is 0 Å². The molecule has 150 valence electrons. The molecule has 1 aliphatic carbocycles. The predicted molar refractivity (Wildman–Crippen MR) is 118 cm³/mol. The Morgan fingerprint density at radius 1 is 1.10 bits per heavy atom. The molecule has 0 saturated heterocycles. The maximum absolute atomic E-state index is 12.5. The van der Waals surface area contributed by atoms with Gasteiger partial charge in [0.2, 0.25) is 0 Å². The van der Waals surface area contributed by atoms with Crippen LogP contribution in [-0.2, 0) is 11.3 Å². The number of nitrogens with zero attached hydrogens (tertiary/aromatic N) is 2. The Kier molecular flexibility index (Phi) is 7.47. The second kappa shape index (κ2) is 10.5. The highest BCUT2D eigenvalue weighted by Gasteiger charge is 2.18. The van der Waals surface area contributed by atoms with Crippen LogP contribution in [-0.4, -0.2) is 18.5 Å². The molecule has 0 unspecified atom stereocenters. The van der Waals surface area contributed by atoms with Crippen molar-refractivity contribution in [2.24, 2.45) is 0 Å². The predicted octanol–water partition coefficient (Wildman–Crippen LogP) is 5.07. The third-order valence-corrected chi connectivity index (χ3v) is 5.47. The van der Waals surface area contributed by atoms with E-state index in [1.807, 2.05) is 30.3 Å². The normalized spacial score (nSPS) is 14.8. The second-order valence-electron chi connectivity index (χ2n) is 7.57. The molecule has 1 aliphatic rings. The first-order valence-electron chi connectivity index (χ1n) is 10.5. The molecule has 0 radical (unpaired) electrons. The summed E-state index contributed by atoms with van der Waals surface area (Å²) < 4.78 is 0. The van der Waals surface area contributed by atoms with Crippen LogP contribution in [0.3, 0.4) is 0 Å². The van der Waals surface area contributed by atoms with Crippen molar-refractivity contribution in [2.45, 2.75) is 51.6 Å². The van der Waals surface area contributed by atoms with Gasteiger partial charge in [-0.3, -0.25) is 4.79 Å². The standard InChI is InChI=1S/C25H29N3O/c1-2-28(19-21-9-5-3-6-10-21)24-15-13-20(14-16-24)17-22(18-26)25(29)27-23-11-7-4-8-12-23/h3,5-6,9-10,13-17,23H,2,4,7-8,11-12,19H2,1H3,(H,27,29). The summed E-state index contributed by atoms with van der Waals surface area (Å²) in [7, 11) is 0. The minimum absolute atomic E-state index is 0.167. The van der Waals surface area contributed by atoms with Gasteiger partial charge < -0.3 is 10.2 Å². The Hall–Kier alpha value is -3.06. The van der Waals surface area contributed by atoms with Crippen molar-refractivity contribution in [2.75, 3.05) is 11.4 Å². The summed E-state index contributed by atoms with van der Waals surface area (Å²) in [5.74, 6) is -0.261. The Bertz CT molecular complexity index is 859. The molecule has 1 fully saturated rings. The van der Waals surface area contributed by atoms with Crippen LogP contribution in [0.15, 0.2) is 60.2 Å². The second-order valence-corrected chi connectivity index (χ2v) is 7.57. The van der Waals surface area contributed by atoms with Gasteiger partial charge in [-0.25, -0.2) is 0 Å². The van der Waals surface area contributed by atoms with Gasteiger partial charge in [-0.2, -0.15) is 5.26 Å². The molecule has 0 atom stereocenters.